The first-order chi connectivity index (χ1) is 10.6. The molecule has 3 rings (SSSR count). The number of hydrogen-bond donors (Lipinski definition) is 1. The van der Waals surface area contributed by atoms with Crippen molar-refractivity contribution in [1.82, 2.24) is 14.7 Å². The molecule has 0 bridgehead atoms. The number of morpholine rings is 1. The predicted molar refractivity (Wildman–Crippen MR) is 84.4 cm³/mol. The van der Waals surface area contributed by atoms with Gasteiger partial charge in [0.1, 0.15) is 0 Å². The summed E-state index contributed by atoms with van der Waals surface area (Å²) in [6, 6.07) is 11.8. The number of rotatable bonds is 5. The van der Waals surface area contributed by atoms with Gasteiger partial charge in [-0.25, -0.2) is 0 Å². The number of nitrogens with zero attached hydrogens (tertiary/aromatic N) is 3. The molecule has 0 amide bonds. The Morgan fingerprint density at radius 3 is 2.86 bits per heavy atom. The minimum absolute atomic E-state index is 0.111. The van der Waals surface area contributed by atoms with Crippen LogP contribution in [-0.2, 0) is 16.9 Å². The normalized spacial score (nSPS) is 22.4. The zero-order valence-electron chi connectivity index (χ0n) is 12.9. The van der Waals surface area contributed by atoms with Crippen LogP contribution in [0.2, 0.25) is 0 Å². The lowest BCUT2D eigenvalue weighted by Gasteiger charge is -2.37. The molecule has 2 heterocycles. The smallest absolute Gasteiger partial charge is 0.0994 e. The van der Waals surface area contributed by atoms with Crippen LogP contribution in [-0.4, -0.2) is 52.1 Å². The van der Waals surface area contributed by atoms with Crippen LogP contribution in [0.5, 0.6) is 0 Å². The highest BCUT2D eigenvalue weighted by Gasteiger charge is 2.29. The Balaban J connectivity index is 1.60. The highest BCUT2D eigenvalue weighted by molar-refractivity contribution is 5.21. The van der Waals surface area contributed by atoms with Gasteiger partial charge in [0.05, 0.1) is 24.9 Å². The number of benzene rings is 1. The van der Waals surface area contributed by atoms with Crippen LogP contribution in [0.15, 0.2) is 48.8 Å². The van der Waals surface area contributed by atoms with Crippen molar-refractivity contribution >= 4 is 0 Å². The second kappa shape index (κ2) is 6.60. The first-order valence-electron chi connectivity index (χ1n) is 7.73. The zero-order chi connectivity index (χ0) is 15.4. The molecule has 2 atom stereocenters. The number of ether oxygens (including phenoxy) is 1. The van der Waals surface area contributed by atoms with Gasteiger partial charge in [-0.2, -0.15) is 5.10 Å². The van der Waals surface area contributed by atoms with Crippen LogP contribution in [0.1, 0.15) is 12.5 Å². The molecule has 0 radical (unpaired) electrons. The fraction of sp³-hybridized carbons (Fsp3) is 0.471. The van der Waals surface area contributed by atoms with Crippen molar-refractivity contribution in [2.24, 2.45) is 0 Å². The molecule has 0 saturated carbocycles. The Morgan fingerprint density at radius 1 is 1.32 bits per heavy atom. The summed E-state index contributed by atoms with van der Waals surface area (Å²) in [4.78, 5) is 2.27. The maximum absolute atomic E-state index is 10.8. The second-order valence-electron chi connectivity index (χ2n) is 6.10. The van der Waals surface area contributed by atoms with E-state index in [1.807, 2.05) is 54.2 Å². The average molecular weight is 301 g/mol. The summed E-state index contributed by atoms with van der Waals surface area (Å²) < 4.78 is 7.71. The van der Waals surface area contributed by atoms with Crippen LogP contribution >= 0.6 is 0 Å². The van der Waals surface area contributed by atoms with E-state index in [0.717, 1.165) is 25.2 Å². The first-order valence-corrected chi connectivity index (χ1v) is 7.73. The molecule has 1 fully saturated rings. The maximum atomic E-state index is 10.8. The SMILES string of the molecule is CC(O)(CN1CCOC(Cn2cccn2)C1)c1ccccc1. The van der Waals surface area contributed by atoms with Gasteiger partial charge in [0, 0.05) is 32.0 Å². The Bertz CT molecular complexity index is 569. The molecule has 2 aromatic rings. The van der Waals surface area contributed by atoms with E-state index in [0.29, 0.717) is 13.2 Å². The van der Waals surface area contributed by atoms with Crippen molar-refractivity contribution in [3.05, 3.63) is 54.4 Å². The fourth-order valence-electron chi connectivity index (χ4n) is 2.98. The van der Waals surface area contributed by atoms with Crippen molar-refractivity contribution in [2.75, 3.05) is 26.2 Å². The third kappa shape index (κ3) is 3.74. The Hall–Kier alpha value is -1.69. The summed E-state index contributed by atoms with van der Waals surface area (Å²) >= 11 is 0. The molecule has 1 aromatic heterocycles. The third-order valence-electron chi connectivity index (χ3n) is 4.10. The van der Waals surface area contributed by atoms with Gasteiger partial charge in [-0.05, 0) is 18.6 Å². The molecule has 118 valence electrons. The van der Waals surface area contributed by atoms with E-state index >= 15 is 0 Å². The highest BCUT2D eigenvalue weighted by Crippen LogP contribution is 2.22. The average Bonchev–Trinajstić information content (AvgIpc) is 3.01. The molecule has 1 N–H and O–H groups in total. The van der Waals surface area contributed by atoms with Crippen molar-refractivity contribution in [2.45, 2.75) is 25.2 Å². The molecule has 1 aliphatic heterocycles. The quantitative estimate of drug-likeness (QED) is 0.909. The molecule has 5 heteroatoms. The summed E-state index contributed by atoms with van der Waals surface area (Å²) in [6.07, 6.45) is 3.84. The topological polar surface area (TPSA) is 50.5 Å². The van der Waals surface area contributed by atoms with Gasteiger partial charge >= 0.3 is 0 Å². The summed E-state index contributed by atoms with van der Waals surface area (Å²) in [5.74, 6) is 0. The Morgan fingerprint density at radius 2 is 2.14 bits per heavy atom. The van der Waals surface area contributed by atoms with Gasteiger partial charge in [-0.15, -0.1) is 0 Å². The molecule has 1 aliphatic rings. The summed E-state index contributed by atoms with van der Waals surface area (Å²) in [5.41, 5.74) is 0.0969. The van der Waals surface area contributed by atoms with Gasteiger partial charge in [0.2, 0.25) is 0 Å². The minimum Gasteiger partial charge on any atom is -0.384 e. The monoisotopic (exact) mass is 301 g/mol. The lowest BCUT2D eigenvalue weighted by atomic mass is 9.95. The molecular weight excluding hydrogens is 278 g/mol. The molecule has 0 spiro atoms. The molecule has 5 nitrogen and oxygen atoms in total. The van der Waals surface area contributed by atoms with Crippen molar-refractivity contribution in [1.29, 1.82) is 0 Å². The molecule has 22 heavy (non-hydrogen) atoms. The van der Waals surface area contributed by atoms with Crippen molar-refractivity contribution < 1.29 is 9.84 Å². The molecule has 1 aromatic carbocycles. The standard InChI is InChI=1S/C17H23N3O2/c1-17(21,15-6-3-2-4-7-15)14-19-10-11-22-16(12-19)13-20-9-5-8-18-20/h2-9,16,21H,10-14H2,1H3. The second-order valence-corrected chi connectivity index (χ2v) is 6.10. The lowest BCUT2D eigenvalue weighted by molar-refractivity contribution is -0.0670. The van der Waals surface area contributed by atoms with Crippen LogP contribution in [0.4, 0.5) is 0 Å². The largest absolute Gasteiger partial charge is 0.384 e. The van der Waals surface area contributed by atoms with E-state index in [2.05, 4.69) is 10.00 Å². The summed E-state index contributed by atoms with van der Waals surface area (Å²) in [7, 11) is 0. The van der Waals surface area contributed by atoms with E-state index in [-0.39, 0.29) is 6.10 Å². The fourth-order valence-corrected chi connectivity index (χ4v) is 2.98. The van der Waals surface area contributed by atoms with Crippen molar-refractivity contribution in [3.63, 3.8) is 0 Å². The van der Waals surface area contributed by atoms with Crippen LogP contribution in [0.3, 0.4) is 0 Å². The van der Waals surface area contributed by atoms with Gasteiger partial charge in [0.15, 0.2) is 0 Å². The van der Waals surface area contributed by atoms with E-state index in [9.17, 15) is 5.11 Å². The van der Waals surface area contributed by atoms with Gasteiger partial charge in [-0.1, -0.05) is 30.3 Å². The maximum Gasteiger partial charge on any atom is 0.0994 e. The van der Waals surface area contributed by atoms with E-state index in [4.69, 9.17) is 4.74 Å². The zero-order valence-corrected chi connectivity index (χ0v) is 12.9. The lowest BCUT2D eigenvalue weighted by Crippen LogP contribution is -2.49. The van der Waals surface area contributed by atoms with Gasteiger partial charge in [0.25, 0.3) is 0 Å². The van der Waals surface area contributed by atoms with E-state index < -0.39 is 5.60 Å². The molecule has 1 saturated heterocycles. The number of aromatic nitrogens is 2. The Labute approximate surface area is 131 Å². The van der Waals surface area contributed by atoms with Gasteiger partial charge < -0.3 is 9.84 Å². The van der Waals surface area contributed by atoms with Crippen LogP contribution < -0.4 is 0 Å². The molecule has 0 aliphatic carbocycles. The van der Waals surface area contributed by atoms with E-state index in [1.165, 1.54) is 0 Å². The Kier molecular flexibility index (Phi) is 4.57. The molecule has 2 unspecified atom stereocenters. The highest BCUT2D eigenvalue weighted by atomic mass is 16.5. The van der Waals surface area contributed by atoms with Gasteiger partial charge in [-0.3, -0.25) is 9.58 Å². The number of hydrogen-bond acceptors (Lipinski definition) is 4. The number of aliphatic hydroxyl groups is 1. The first kappa shape index (κ1) is 15.2. The van der Waals surface area contributed by atoms with Crippen LogP contribution in [0.25, 0.3) is 0 Å². The summed E-state index contributed by atoms with van der Waals surface area (Å²) in [5, 5.41) is 15.0. The minimum atomic E-state index is -0.852. The third-order valence-corrected chi connectivity index (χ3v) is 4.10. The van der Waals surface area contributed by atoms with Crippen molar-refractivity contribution in [3.8, 4) is 0 Å². The predicted octanol–water partition coefficient (Wildman–Crippen LogP) is 1.49. The van der Waals surface area contributed by atoms with Crippen LogP contribution in [0, 0.1) is 0 Å². The van der Waals surface area contributed by atoms with E-state index in [1.54, 1.807) is 6.20 Å². The molecular formula is C17H23N3O2. The summed E-state index contributed by atoms with van der Waals surface area (Å²) in [6.45, 7) is 5.57. The number of β-amino-alcohol motifs (C(OH)–C–C–N with tert-alkyl or cyclic N) is 1.